The van der Waals surface area contributed by atoms with Gasteiger partial charge in [-0.3, -0.25) is 0 Å². The molecule has 2 heterocycles. The van der Waals surface area contributed by atoms with Crippen molar-refractivity contribution in [3.05, 3.63) is 28.9 Å². The van der Waals surface area contributed by atoms with E-state index in [4.69, 9.17) is 0 Å². The summed E-state index contributed by atoms with van der Waals surface area (Å²) in [5, 5.41) is 2.12. The molecule has 2 rings (SSSR count). The molecule has 0 aromatic carbocycles. The molecule has 0 amide bonds. The Bertz CT molecular complexity index is 325. The Hall–Kier alpha value is -0.760. The minimum Gasteiger partial charge on any atom is -0.312 e. The van der Waals surface area contributed by atoms with Gasteiger partial charge < -0.3 is 4.40 Å². The fourth-order valence-corrected chi connectivity index (χ4v) is 2.16. The number of aromatic nitrogens is 1. The highest BCUT2D eigenvalue weighted by Crippen LogP contribution is 2.20. The van der Waals surface area contributed by atoms with Crippen molar-refractivity contribution in [1.29, 1.82) is 0 Å². The van der Waals surface area contributed by atoms with E-state index in [2.05, 4.69) is 35.9 Å². The van der Waals surface area contributed by atoms with Gasteiger partial charge in [-0.2, -0.15) is 0 Å². The number of rotatable bonds is 0. The summed E-state index contributed by atoms with van der Waals surface area (Å²) in [7, 11) is 0. The number of nitrogens with zero attached hydrogens (tertiary/aromatic N) is 1. The van der Waals surface area contributed by atoms with Gasteiger partial charge in [-0.25, -0.2) is 0 Å². The molecule has 0 saturated heterocycles. The lowest BCUT2D eigenvalue weighted by Crippen LogP contribution is -1.76. The van der Waals surface area contributed by atoms with Gasteiger partial charge in [-0.15, -0.1) is 11.3 Å². The predicted molar refractivity (Wildman–Crippen MR) is 44.7 cm³/mol. The Kier molecular flexibility index (Phi) is 1.11. The largest absolute Gasteiger partial charge is 0.312 e. The maximum Gasteiger partial charge on any atom is 0.102 e. The summed E-state index contributed by atoms with van der Waals surface area (Å²) < 4.78 is 2.22. The molecule has 0 fully saturated rings. The van der Waals surface area contributed by atoms with Crippen LogP contribution in [0.3, 0.4) is 0 Å². The molecule has 1 nitrogen and oxygen atoms in total. The van der Waals surface area contributed by atoms with Crippen molar-refractivity contribution in [2.45, 2.75) is 13.8 Å². The summed E-state index contributed by atoms with van der Waals surface area (Å²) >= 11 is 1.80. The van der Waals surface area contributed by atoms with Gasteiger partial charge in [-0.05, 0) is 25.5 Å². The van der Waals surface area contributed by atoms with E-state index in [9.17, 15) is 0 Å². The zero-order valence-corrected chi connectivity index (χ0v) is 6.90. The first-order valence-corrected chi connectivity index (χ1v) is 4.19. The Balaban J connectivity index is 2.98. The van der Waals surface area contributed by atoms with Gasteiger partial charge >= 0.3 is 0 Å². The zero-order chi connectivity index (χ0) is 7.14. The highest BCUT2D eigenvalue weighted by molar-refractivity contribution is 7.15. The van der Waals surface area contributed by atoms with Crippen LogP contribution < -0.4 is 0 Å². The lowest BCUT2D eigenvalue weighted by atomic mass is 10.4. The molecular formula is C8H9NS. The van der Waals surface area contributed by atoms with Gasteiger partial charge in [-0.1, -0.05) is 0 Å². The van der Waals surface area contributed by atoms with E-state index < -0.39 is 0 Å². The molecular weight excluding hydrogens is 142 g/mol. The number of aryl methyl sites for hydroxylation is 2. The maximum absolute atomic E-state index is 2.22. The summed E-state index contributed by atoms with van der Waals surface area (Å²) in [6, 6.07) is 2.21. The first-order chi connectivity index (χ1) is 4.79. The fraction of sp³-hybridized carbons (Fsp3) is 0.250. The third kappa shape index (κ3) is 0.625. The molecule has 0 aliphatic heterocycles. The van der Waals surface area contributed by atoms with E-state index in [1.54, 1.807) is 11.3 Å². The van der Waals surface area contributed by atoms with E-state index in [0.29, 0.717) is 0 Å². The average Bonchev–Trinajstić information content (AvgIpc) is 2.39. The molecule has 0 spiro atoms. The topological polar surface area (TPSA) is 4.41 Å². The van der Waals surface area contributed by atoms with Crippen molar-refractivity contribution in [2.75, 3.05) is 0 Å². The van der Waals surface area contributed by atoms with Crippen molar-refractivity contribution >= 4 is 16.2 Å². The molecule has 52 valence electrons. The Morgan fingerprint density at radius 2 is 2.20 bits per heavy atom. The van der Waals surface area contributed by atoms with Crippen LogP contribution in [-0.4, -0.2) is 4.40 Å². The van der Waals surface area contributed by atoms with Gasteiger partial charge in [0.1, 0.15) is 4.83 Å². The molecule has 0 unspecified atom stereocenters. The standard InChI is InChI=1S/C8H9NS/c1-6-5-7(2)9-3-4-10-8(6)9/h3-5H,1-2H3. The molecule has 0 aliphatic rings. The van der Waals surface area contributed by atoms with Gasteiger partial charge in [0, 0.05) is 17.3 Å². The van der Waals surface area contributed by atoms with Gasteiger partial charge in [0.05, 0.1) is 0 Å². The van der Waals surface area contributed by atoms with Crippen LogP contribution in [0, 0.1) is 13.8 Å². The van der Waals surface area contributed by atoms with Gasteiger partial charge in [0.15, 0.2) is 0 Å². The lowest BCUT2D eigenvalue weighted by Gasteiger charge is -1.84. The quantitative estimate of drug-likeness (QED) is 0.545. The first-order valence-electron chi connectivity index (χ1n) is 3.31. The van der Waals surface area contributed by atoms with Crippen LogP contribution in [0.1, 0.15) is 11.3 Å². The monoisotopic (exact) mass is 151 g/mol. The predicted octanol–water partition coefficient (Wildman–Crippen LogP) is 2.62. The SMILES string of the molecule is Cc1cc(C)n2ccsc12. The van der Waals surface area contributed by atoms with E-state index in [-0.39, 0.29) is 0 Å². The molecule has 10 heavy (non-hydrogen) atoms. The van der Waals surface area contributed by atoms with Crippen molar-refractivity contribution in [3.63, 3.8) is 0 Å². The van der Waals surface area contributed by atoms with Crippen LogP contribution in [0.4, 0.5) is 0 Å². The van der Waals surface area contributed by atoms with Crippen LogP contribution >= 0.6 is 11.3 Å². The molecule has 0 radical (unpaired) electrons. The zero-order valence-electron chi connectivity index (χ0n) is 6.09. The van der Waals surface area contributed by atoms with Gasteiger partial charge in [0.25, 0.3) is 0 Å². The lowest BCUT2D eigenvalue weighted by molar-refractivity contribution is 1.14. The van der Waals surface area contributed by atoms with Crippen LogP contribution in [0.5, 0.6) is 0 Å². The minimum absolute atomic E-state index is 1.33. The summed E-state index contributed by atoms with van der Waals surface area (Å²) in [5.74, 6) is 0. The van der Waals surface area contributed by atoms with Crippen molar-refractivity contribution in [2.24, 2.45) is 0 Å². The van der Waals surface area contributed by atoms with E-state index in [1.807, 2.05) is 0 Å². The summed E-state index contributed by atoms with van der Waals surface area (Å²) in [6.07, 6.45) is 2.11. The highest BCUT2D eigenvalue weighted by atomic mass is 32.1. The van der Waals surface area contributed by atoms with Crippen LogP contribution in [-0.2, 0) is 0 Å². The third-order valence-corrected chi connectivity index (χ3v) is 2.75. The second-order valence-corrected chi connectivity index (χ2v) is 3.44. The number of thiazole rings is 1. The molecule has 0 N–H and O–H groups in total. The van der Waals surface area contributed by atoms with Crippen molar-refractivity contribution in [1.82, 2.24) is 4.40 Å². The highest BCUT2D eigenvalue weighted by Gasteiger charge is 2.00. The second kappa shape index (κ2) is 1.86. The second-order valence-electron chi connectivity index (χ2n) is 2.55. The van der Waals surface area contributed by atoms with E-state index in [1.165, 1.54) is 16.1 Å². The third-order valence-electron chi connectivity index (χ3n) is 1.75. The molecule has 0 aliphatic carbocycles. The van der Waals surface area contributed by atoms with Crippen molar-refractivity contribution in [3.8, 4) is 0 Å². The average molecular weight is 151 g/mol. The fourth-order valence-electron chi connectivity index (χ4n) is 1.29. The first kappa shape index (κ1) is 5.98. The Morgan fingerprint density at radius 1 is 1.40 bits per heavy atom. The van der Waals surface area contributed by atoms with E-state index >= 15 is 0 Å². The number of hydrogen-bond acceptors (Lipinski definition) is 1. The normalized spacial score (nSPS) is 11.0. The molecule has 0 atom stereocenters. The molecule has 2 heteroatoms. The van der Waals surface area contributed by atoms with E-state index in [0.717, 1.165) is 0 Å². The molecule has 0 bridgehead atoms. The van der Waals surface area contributed by atoms with Gasteiger partial charge in [0.2, 0.25) is 0 Å². The van der Waals surface area contributed by atoms with Crippen LogP contribution in [0.15, 0.2) is 17.6 Å². The Labute approximate surface area is 63.9 Å². The molecule has 0 saturated carbocycles. The molecule has 2 aromatic rings. The maximum atomic E-state index is 2.22. The molecule has 2 aromatic heterocycles. The smallest absolute Gasteiger partial charge is 0.102 e. The van der Waals surface area contributed by atoms with Crippen LogP contribution in [0.25, 0.3) is 4.83 Å². The summed E-state index contributed by atoms with van der Waals surface area (Å²) in [6.45, 7) is 4.28. The summed E-state index contributed by atoms with van der Waals surface area (Å²) in [5.41, 5.74) is 2.71. The Morgan fingerprint density at radius 3 is 2.90 bits per heavy atom. The van der Waals surface area contributed by atoms with Crippen LogP contribution in [0.2, 0.25) is 0 Å². The minimum atomic E-state index is 1.33. The number of hydrogen-bond donors (Lipinski definition) is 0. The number of fused-ring (bicyclic) bond motifs is 1. The summed E-state index contributed by atoms with van der Waals surface area (Å²) in [4.78, 5) is 1.37. The van der Waals surface area contributed by atoms with Crippen molar-refractivity contribution < 1.29 is 0 Å².